The van der Waals surface area contributed by atoms with E-state index >= 15 is 0 Å². The number of anilines is 1. The zero-order chi connectivity index (χ0) is 18.5. The van der Waals surface area contributed by atoms with E-state index in [-0.39, 0.29) is 12.1 Å². The van der Waals surface area contributed by atoms with Crippen molar-refractivity contribution in [3.63, 3.8) is 0 Å². The van der Waals surface area contributed by atoms with Crippen molar-refractivity contribution in [1.29, 1.82) is 0 Å². The molecule has 2 aromatic carbocycles. The number of amides is 2. The van der Waals surface area contributed by atoms with Gasteiger partial charge in [-0.05, 0) is 30.3 Å². The summed E-state index contributed by atoms with van der Waals surface area (Å²) in [4.78, 5) is 19.1. The predicted molar refractivity (Wildman–Crippen MR) is 106 cm³/mol. The second-order valence-electron chi connectivity index (χ2n) is 7.10. The van der Waals surface area contributed by atoms with E-state index in [0.717, 1.165) is 30.9 Å². The first-order valence-electron chi connectivity index (χ1n) is 9.09. The summed E-state index contributed by atoms with van der Waals surface area (Å²) in [6.45, 7) is 3.03. The number of rotatable bonds is 4. The van der Waals surface area contributed by atoms with Crippen molar-refractivity contribution in [2.45, 2.75) is 12.6 Å². The molecule has 0 aliphatic carbocycles. The fraction of sp³-hybridized carbons (Fsp3) is 0.381. The van der Waals surface area contributed by atoms with Gasteiger partial charge in [-0.3, -0.25) is 0 Å². The van der Waals surface area contributed by atoms with Gasteiger partial charge in [0.25, 0.3) is 0 Å². The Kier molecular flexibility index (Phi) is 5.78. The molecule has 0 aromatic heterocycles. The van der Waals surface area contributed by atoms with Gasteiger partial charge in [0.2, 0.25) is 0 Å². The Morgan fingerprint density at radius 1 is 1.08 bits per heavy atom. The highest BCUT2D eigenvalue weighted by Gasteiger charge is 2.29. The van der Waals surface area contributed by atoms with Crippen molar-refractivity contribution >= 4 is 11.7 Å². The molecule has 2 amide bonds. The fourth-order valence-corrected chi connectivity index (χ4v) is 3.31. The third-order valence-corrected chi connectivity index (χ3v) is 4.93. The van der Waals surface area contributed by atoms with Crippen LogP contribution >= 0.6 is 0 Å². The Morgan fingerprint density at radius 2 is 1.77 bits per heavy atom. The second kappa shape index (κ2) is 8.23. The molecule has 1 N–H and O–H groups in total. The highest BCUT2D eigenvalue weighted by molar-refractivity contribution is 5.75. The lowest BCUT2D eigenvalue weighted by Gasteiger charge is -2.40. The van der Waals surface area contributed by atoms with Gasteiger partial charge in [0.1, 0.15) is 0 Å². The summed E-state index contributed by atoms with van der Waals surface area (Å²) in [5, 5.41) is 3.09. The first kappa shape index (κ1) is 18.3. The molecule has 138 valence electrons. The summed E-state index contributed by atoms with van der Waals surface area (Å²) in [5.74, 6) is 0. The third-order valence-electron chi connectivity index (χ3n) is 4.93. The van der Waals surface area contributed by atoms with Crippen LogP contribution in [0.1, 0.15) is 17.2 Å². The third kappa shape index (κ3) is 4.35. The molecule has 0 radical (unpaired) electrons. The number of nitrogens with one attached hydrogen (secondary N) is 1. The highest BCUT2D eigenvalue weighted by Crippen LogP contribution is 2.24. The van der Waals surface area contributed by atoms with Crippen LogP contribution in [0.2, 0.25) is 0 Å². The van der Waals surface area contributed by atoms with Gasteiger partial charge in [0.05, 0.1) is 6.04 Å². The average Bonchev–Trinajstić information content (AvgIpc) is 2.67. The Bertz CT molecular complexity index is 715. The molecule has 0 saturated carbocycles. The van der Waals surface area contributed by atoms with Crippen molar-refractivity contribution in [2.75, 3.05) is 45.7 Å². The van der Waals surface area contributed by atoms with E-state index in [9.17, 15) is 4.79 Å². The van der Waals surface area contributed by atoms with Crippen LogP contribution in [0.25, 0.3) is 0 Å². The zero-order valence-electron chi connectivity index (χ0n) is 15.9. The number of carbonyl (C=O) groups excluding carboxylic acids is 1. The highest BCUT2D eigenvalue weighted by atomic mass is 16.2. The van der Waals surface area contributed by atoms with E-state index in [1.54, 1.807) is 0 Å². The van der Waals surface area contributed by atoms with Crippen molar-refractivity contribution < 1.29 is 4.79 Å². The molecule has 1 fully saturated rings. The molecule has 5 heteroatoms. The van der Waals surface area contributed by atoms with Gasteiger partial charge in [0, 0.05) is 46.0 Å². The van der Waals surface area contributed by atoms with Gasteiger partial charge < -0.3 is 20.0 Å². The van der Waals surface area contributed by atoms with Gasteiger partial charge >= 0.3 is 6.03 Å². The normalized spacial score (nSPS) is 17.8. The number of carbonyl (C=O) groups is 1. The Labute approximate surface area is 156 Å². The van der Waals surface area contributed by atoms with E-state index in [0.29, 0.717) is 6.54 Å². The van der Waals surface area contributed by atoms with Crippen LogP contribution in [-0.4, -0.2) is 56.6 Å². The van der Waals surface area contributed by atoms with Crippen LogP contribution in [0.5, 0.6) is 0 Å². The molecule has 1 atom stereocenters. The second-order valence-corrected chi connectivity index (χ2v) is 7.10. The molecule has 1 aliphatic rings. The summed E-state index contributed by atoms with van der Waals surface area (Å²) < 4.78 is 0. The van der Waals surface area contributed by atoms with Gasteiger partial charge in [-0.15, -0.1) is 0 Å². The quantitative estimate of drug-likeness (QED) is 0.919. The van der Waals surface area contributed by atoms with Crippen LogP contribution in [0.15, 0.2) is 54.6 Å². The van der Waals surface area contributed by atoms with Crippen molar-refractivity contribution in [1.82, 2.24) is 15.1 Å². The number of likely N-dealkylation sites (N-methyl/N-ethyl adjacent to an activating group) is 1. The number of urea groups is 1. The van der Waals surface area contributed by atoms with Gasteiger partial charge in [-0.1, -0.05) is 42.5 Å². The van der Waals surface area contributed by atoms with Gasteiger partial charge in [-0.2, -0.15) is 0 Å². The minimum atomic E-state index is 0.00337. The molecule has 5 nitrogen and oxygen atoms in total. The monoisotopic (exact) mass is 352 g/mol. The molecule has 1 saturated heterocycles. The van der Waals surface area contributed by atoms with Crippen molar-refractivity contribution in [3.8, 4) is 0 Å². The van der Waals surface area contributed by atoms with E-state index in [4.69, 9.17) is 0 Å². The van der Waals surface area contributed by atoms with Crippen LogP contribution in [0.3, 0.4) is 0 Å². The minimum Gasteiger partial charge on any atom is -0.378 e. The Morgan fingerprint density at radius 3 is 2.42 bits per heavy atom. The number of hydrogen-bond acceptors (Lipinski definition) is 3. The molecule has 3 rings (SSSR count). The smallest absolute Gasteiger partial charge is 0.318 e. The van der Waals surface area contributed by atoms with Gasteiger partial charge in [0.15, 0.2) is 0 Å². The van der Waals surface area contributed by atoms with Crippen molar-refractivity contribution in [2.24, 2.45) is 0 Å². The Hall–Kier alpha value is -2.53. The lowest BCUT2D eigenvalue weighted by atomic mass is 10.0. The molecule has 1 unspecified atom stereocenters. The van der Waals surface area contributed by atoms with Crippen molar-refractivity contribution in [3.05, 3.63) is 65.7 Å². The molecule has 2 aromatic rings. The summed E-state index contributed by atoms with van der Waals surface area (Å²) in [6, 6.07) is 18.6. The van der Waals surface area contributed by atoms with Crippen LogP contribution in [0, 0.1) is 0 Å². The van der Waals surface area contributed by atoms with Crippen LogP contribution in [0.4, 0.5) is 10.5 Å². The van der Waals surface area contributed by atoms with E-state index in [1.807, 2.05) is 37.2 Å². The summed E-state index contributed by atoms with van der Waals surface area (Å²) in [7, 11) is 6.15. The number of piperazine rings is 1. The molecular weight excluding hydrogens is 324 g/mol. The summed E-state index contributed by atoms with van der Waals surface area (Å²) in [6.07, 6.45) is 0. The SMILES string of the molecule is CN1CCN(C(=O)NCc2ccc(N(C)C)cc2)C(c2ccccc2)C1. The average molecular weight is 352 g/mol. The number of nitrogens with zero attached hydrogens (tertiary/aromatic N) is 3. The molecule has 1 aliphatic heterocycles. The minimum absolute atomic E-state index is 0.00337. The van der Waals surface area contributed by atoms with E-state index in [2.05, 4.69) is 58.6 Å². The van der Waals surface area contributed by atoms with Crippen LogP contribution < -0.4 is 10.2 Å². The Balaban J connectivity index is 1.65. The molecule has 0 bridgehead atoms. The molecule has 26 heavy (non-hydrogen) atoms. The maximum Gasteiger partial charge on any atom is 0.318 e. The zero-order valence-corrected chi connectivity index (χ0v) is 15.9. The maximum absolute atomic E-state index is 12.8. The lowest BCUT2D eigenvalue weighted by Crippen LogP contribution is -2.52. The topological polar surface area (TPSA) is 38.8 Å². The maximum atomic E-state index is 12.8. The van der Waals surface area contributed by atoms with E-state index < -0.39 is 0 Å². The first-order valence-corrected chi connectivity index (χ1v) is 9.09. The number of hydrogen-bond donors (Lipinski definition) is 1. The molecule has 0 spiro atoms. The molecular formula is C21H28N4O. The first-order chi connectivity index (χ1) is 12.5. The predicted octanol–water partition coefficient (Wildman–Crippen LogP) is 2.95. The fourth-order valence-electron chi connectivity index (χ4n) is 3.31. The summed E-state index contributed by atoms with van der Waals surface area (Å²) >= 11 is 0. The summed E-state index contributed by atoms with van der Waals surface area (Å²) in [5.41, 5.74) is 3.45. The number of benzene rings is 2. The standard InChI is InChI=1S/C21H28N4O/c1-23(2)19-11-9-17(10-12-19)15-22-21(26)25-14-13-24(3)16-20(25)18-7-5-4-6-8-18/h4-12,20H,13-16H2,1-3H3,(H,22,26). The van der Waals surface area contributed by atoms with Crippen LogP contribution in [-0.2, 0) is 6.54 Å². The molecule has 1 heterocycles. The van der Waals surface area contributed by atoms with Gasteiger partial charge in [-0.25, -0.2) is 4.79 Å². The largest absolute Gasteiger partial charge is 0.378 e. The van der Waals surface area contributed by atoms with E-state index in [1.165, 1.54) is 5.56 Å². The lowest BCUT2D eigenvalue weighted by molar-refractivity contribution is 0.108.